The molecule has 1 aliphatic carbocycles. The number of aromatic hydroxyl groups is 1. The van der Waals surface area contributed by atoms with Crippen molar-refractivity contribution in [2.75, 3.05) is 5.32 Å². The summed E-state index contributed by atoms with van der Waals surface area (Å²) in [4.78, 5) is 37.4. The molecule has 3 aromatic rings. The molecule has 174 valence electrons. The Balaban J connectivity index is 1.40. The quantitative estimate of drug-likeness (QED) is 0.265. The highest BCUT2D eigenvalue weighted by molar-refractivity contribution is 6.40. The number of nitrogens with zero attached hydrogens (tertiary/aromatic N) is 1. The summed E-state index contributed by atoms with van der Waals surface area (Å²) in [5.41, 5.74) is 3.12. The molecular weight excluding hydrogens is 432 g/mol. The summed E-state index contributed by atoms with van der Waals surface area (Å²) in [5.74, 6) is -2.25. The predicted octanol–water partition coefficient (Wildman–Crippen LogP) is 3.70. The van der Waals surface area contributed by atoms with Crippen LogP contribution in [0.25, 0.3) is 10.8 Å². The van der Waals surface area contributed by atoms with E-state index < -0.39 is 11.8 Å². The molecule has 0 bridgehead atoms. The first-order valence-corrected chi connectivity index (χ1v) is 11.3. The van der Waals surface area contributed by atoms with Gasteiger partial charge in [-0.3, -0.25) is 14.4 Å². The van der Waals surface area contributed by atoms with Crippen molar-refractivity contribution in [2.24, 2.45) is 5.10 Å². The van der Waals surface area contributed by atoms with Gasteiger partial charge in [0, 0.05) is 11.6 Å². The van der Waals surface area contributed by atoms with Gasteiger partial charge >= 0.3 is 11.8 Å². The smallest absolute Gasteiger partial charge is 0.329 e. The van der Waals surface area contributed by atoms with Crippen LogP contribution in [-0.4, -0.2) is 35.1 Å². The number of hydrazone groups is 1. The fraction of sp³-hybridized carbons (Fsp3) is 0.231. The summed E-state index contributed by atoms with van der Waals surface area (Å²) in [6.45, 7) is 0. The van der Waals surface area contributed by atoms with Crippen molar-refractivity contribution in [3.8, 4) is 5.75 Å². The van der Waals surface area contributed by atoms with Gasteiger partial charge in [-0.25, -0.2) is 5.43 Å². The number of fused-ring (bicyclic) bond motifs is 1. The number of hydrogen-bond donors (Lipinski definition) is 4. The second-order valence-corrected chi connectivity index (χ2v) is 8.23. The second kappa shape index (κ2) is 10.6. The summed E-state index contributed by atoms with van der Waals surface area (Å²) in [6, 6.07) is 17.4. The Hall–Kier alpha value is -4.20. The first-order chi connectivity index (χ1) is 16.5. The first-order valence-electron chi connectivity index (χ1n) is 11.3. The maximum atomic E-state index is 12.7. The molecule has 0 saturated heterocycles. The van der Waals surface area contributed by atoms with Crippen LogP contribution in [0.5, 0.6) is 5.75 Å². The van der Waals surface area contributed by atoms with Crippen LogP contribution in [0.3, 0.4) is 0 Å². The highest BCUT2D eigenvalue weighted by Crippen LogP contribution is 2.25. The van der Waals surface area contributed by atoms with Crippen molar-refractivity contribution in [3.05, 3.63) is 71.8 Å². The second-order valence-electron chi connectivity index (χ2n) is 8.23. The molecule has 0 spiro atoms. The molecule has 8 heteroatoms. The molecule has 0 atom stereocenters. The van der Waals surface area contributed by atoms with Crippen LogP contribution in [-0.2, 0) is 9.59 Å². The Morgan fingerprint density at radius 1 is 0.882 bits per heavy atom. The third-order valence-electron chi connectivity index (χ3n) is 5.87. The number of phenolic OH excluding ortho intramolecular Hbond substituents is 1. The fourth-order valence-corrected chi connectivity index (χ4v) is 4.11. The minimum Gasteiger partial charge on any atom is -0.507 e. The van der Waals surface area contributed by atoms with E-state index in [9.17, 15) is 19.5 Å². The Morgan fingerprint density at radius 2 is 1.62 bits per heavy atom. The largest absolute Gasteiger partial charge is 0.507 e. The Labute approximate surface area is 197 Å². The minimum atomic E-state index is -1.00. The van der Waals surface area contributed by atoms with Crippen LogP contribution in [0.1, 0.15) is 48.0 Å². The van der Waals surface area contributed by atoms with Crippen LogP contribution in [0.15, 0.2) is 65.8 Å². The van der Waals surface area contributed by atoms with E-state index in [-0.39, 0.29) is 23.4 Å². The Morgan fingerprint density at radius 3 is 2.44 bits per heavy atom. The maximum absolute atomic E-state index is 12.7. The monoisotopic (exact) mass is 458 g/mol. The zero-order valence-corrected chi connectivity index (χ0v) is 18.6. The van der Waals surface area contributed by atoms with Crippen molar-refractivity contribution in [3.63, 3.8) is 0 Å². The first kappa shape index (κ1) is 23.0. The van der Waals surface area contributed by atoms with E-state index in [0.717, 1.165) is 36.5 Å². The molecule has 0 aromatic heterocycles. The van der Waals surface area contributed by atoms with Crippen LogP contribution in [0.2, 0.25) is 0 Å². The molecule has 1 saturated carbocycles. The van der Waals surface area contributed by atoms with Crippen molar-refractivity contribution >= 4 is 40.4 Å². The molecule has 8 nitrogen and oxygen atoms in total. The molecule has 1 fully saturated rings. The number of para-hydroxylation sites is 1. The number of benzene rings is 3. The number of carbonyl (C=O) groups excluding carboxylic acids is 3. The number of anilines is 1. The van der Waals surface area contributed by atoms with E-state index >= 15 is 0 Å². The summed E-state index contributed by atoms with van der Waals surface area (Å²) >= 11 is 0. The van der Waals surface area contributed by atoms with Gasteiger partial charge in [-0.15, -0.1) is 0 Å². The van der Waals surface area contributed by atoms with Crippen molar-refractivity contribution < 1.29 is 19.5 Å². The zero-order valence-electron chi connectivity index (χ0n) is 18.6. The van der Waals surface area contributed by atoms with Gasteiger partial charge in [0.25, 0.3) is 5.91 Å². The molecule has 1 aliphatic rings. The van der Waals surface area contributed by atoms with Gasteiger partial charge < -0.3 is 15.7 Å². The lowest BCUT2D eigenvalue weighted by Gasteiger charge is -2.23. The van der Waals surface area contributed by atoms with E-state index in [0.29, 0.717) is 11.1 Å². The van der Waals surface area contributed by atoms with Crippen LogP contribution < -0.4 is 16.1 Å². The summed E-state index contributed by atoms with van der Waals surface area (Å²) < 4.78 is 0. The zero-order chi connectivity index (χ0) is 23.9. The topological polar surface area (TPSA) is 120 Å². The molecule has 4 rings (SSSR count). The normalized spacial score (nSPS) is 14.1. The van der Waals surface area contributed by atoms with Crippen molar-refractivity contribution in [1.82, 2.24) is 10.7 Å². The van der Waals surface area contributed by atoms with Crippen LogP contribution in [0.4, 0.5) is 5.69 Å². The number of amides is 3. The average Bonchev–Trinajstić information content (AvgIpc) is 2.86. The lowest BCUT2D eigenvalue weighted by molar-refractivity contribution is -0.136. The number of rotatable bonds is 5. The number of phenols is 1. The molecule has 34 heavy (non-hydrogen) atoms. The standard InChI is InChI=1S/C26H26N4O4/c31-23-15-14-17-8-4-5-11-19(17)21(23)16-27-30-26(34)25(33)29-22-13-7-6-12-20(22)24(32)28-18-9-2-1-3-10-18/h4-8,11-16,18,31H,1-3,9-10H2,(H,28,32)(H,29,33)(H,30,34). The molecule has 4 N–H and O–H groups in total. The third kappa shape index (κ3) is 5.40. The highest BCUT2D eigenvalue weighted by atomic mass is 16.3. The van der Waals surface area contributed by atoms with Crippen LogP contribution >= 0.6 is 0 Å². The van der Waals surface area contributed by atoms with Gasteiger partial charge in [-0.2, -0.15) is 5.10 Å². The molecule has 3 amide bonds. The summed E-state index contributed by atoms with van der Waals surface area (Å²) in [6.07, 6.45) is 6.51. The number of hydrogen-bond acceptors (Lipinski definition) is 5. The molecule has 0 heterocycles. The molecule has 3 aromatic carbocycles. The average molecular weight is 459 g/mol. The Kier molecular flexibility index (Phi) is 7.17. The molecular formula is C26H26N4O4. The van der Waals surface area contributed by atoms with Crippen molar-refractivity contribution in [2.45, 2.75) is 38.1 Å². The van der Waals surface area contributed by atoms with Gasteiger partial charge in [0.1, 0.15) is 5.75 Å². The van der Waals surface area contributed by atoms with Gasteiger partial charge in [0.05, 0.1) is 17.5 Å². The minimum absolute atomic E-state index is 0.000874. The van der Waals surface area contributed by atoms with E-state index in [1.807, 2.05) is 24.3 Å². The number of nitrogens with one attached hydrogen (secondary N) is 3. The third-order valence-corrected chi connectivity index (χ3v) is 5.87. The summed E-state index contributed by atoms with van der Waals surface area (Å²) in [5, 5.41) is 21.1. The highest BCUT2D eigenvalue weighted by Gasteiger charge is 2.21. The van der Waals surface area contributed by atoms with Crippen molar-refractivity contribution in [1.29, 1.82) is 0 Å². The van der Waals surface area contributed by atoms with E-state index in [4.69, 9.17) is 0 Å². The van der Waals surface area contributed by atoms with E-state index in [1.165, 1.54) is 18.7 Å². The van der Waals surface area contributed by atoms with Gasteiger partial charge in [-0.1, -0.05) is 61.7 Å². The fourth-order valence-electron chi connectivity index (χ4n) is 4.11. The maximum Gasteiger partial charge on any atom is 0.329 e. The predicted molar refractivity (Wildman–Crippen MR) is 131 cm³/mol. The lowest BCUT2D eigenvalue weighted by Crippen LogP contribution is -2.37. The van der Waals surface area contributed by atoms with Gasteiger partial charge in [0.2, 0.25) is 0 Å². The van der Waals surface area contributed by atoms with E-state index in [2.05, 4.69) is 21.2 Å². The van der Waals surface area contributed by atoms with E-state index in [1.54, 1.807) is 30.3 Å². The Bertz CT molecular complexity index is 1250. The summed E-state index contributed by atoms with van der Waals surface area (Å²) in [7, 11) is 0. The number of carbonyl (C=O) groups is 3. The molecule has 0 radical (unpaired) electrons. The SMILES string of the molecule is O=C(NN=Cc1c(O)ccc2ccccc12)C(=O)Nc1ccccc1C(=O)NC1CCCCC1. The van der Waals surface area contributed by atoms with Gasteiger partial charge in [0.15, 0.2) is 0 Å². The van der Waals surface area contributed by atoms with Crippen LogP contribution in [0, 0.1) is 0 Å². The lowest BCUT2D eigenvalue weighted by atomic mass is 9.95. The van der Waals surface area contributed by atoms with Gasteiger partial charge in [-0.05, 0) is 41.8 Å². The molecule has 0 unspecified atom stereocenters. The molecule has 0 aliphatic heterocycles.